The quantitative estimate of drug-likeness (QED) is 0.470. The Morgan fingerprint density at radius 2 is 1.42 bits per heavy atom. The Hall–Kier alpha value is -0.200. The molecule has 0 N–H and O–H groups in total. The minimum Gasteiger partial charge on any atom is -0.382 e. The molecule has 0 aliphatic heterocycles. The predicted octanol–water partition coefficient (Wildman–Crippen LogP) is 4.04. The largest absolute Gasteiger partial charge is 0.382 e. The molecule has 146 valence electrons. The highest BCUT2D eigenvalue weighted by molar-refractivity contribution is 4.84. The standard InChI is InChI=1S/C19H40O5/c1-10-18(6,7)14-19(15-22-11-2,24-17(3,4)5)23-16(12-20-8)13-21-9/h16H,10-15H2,1-9H3. The third-order valence-electron chi connectivity index (χ3n) is 3.81. The van der Waals surface area contributed by atoms with Crippen LogP contribution in [-0.2, 0) is 23.7 Å². The highest BCUT2D eigenvalue weighted by Crippen LogP contribution is 2.37. The van der Waals surface area contributed by atoms with E-state index in [1.165, 1.54) is 0 Å². The van der Waals surface area contributed by atoms with Crippen molar-refractivity contribution in [1.82, 2.24) is 0 Å². The van der Waals surface area contributed by atoms with Crippen LogP contribution < -0.4 is 0 Å². The monoisotopic (exact) mass is 348 g/mol. The number of rotatable bonds is 13. The van der Waals surface area contributed by atoms with Crippen LogP contribution in [0.25, 0.3) is 0 Å². The van der Waals surface area contributed by atoms with Gasteiger partial charge in [0.05, 0.1) is 18.8 Å². The maximum atomic E-state index is 6.44. The van der Waals surface area contributed by atoms with Crippen LogP contribution in [0, 0.1) is 5.41 Å². The molecule has 0 aliphatic carbocycles. The number of methoxy groups -OCH3 is 2. The van der Waals surface area contributed by atoms with E-state index in [1.807, 2.05) is 27.7 Å². The Morgan fingerprint density at radius 1 is 0.875 bits per heavy atom. The Balaban J connectivity index is 5.57. The molecule has 0 bridgehead atoms. The van der Waals surface area contributed by atoms with Crippen LogP contribution in [0.1, 0.15) is 61.3 Å². The molecule has 5 heteroatoms. The summed E-state index contributed by atoms with van der Waals surface area (Å²) < 4.78 is 29.2. The fourth-order valence-electron chi connectivity index (χ4n) is 2.68. The maximum Gasteiger partial charge on any atom is 0.193 e. The van der Waals surface area contributed by atoms with E-state index in [4.69, 9.17) is 23.7 Å². The van der Waals surface area contributed by atoms with E-state index in [0.29, 0.717) is 26.4 Å². The maximum absolute atomic E-state index is 6.44. The van der Waals surface area contributed by atoms with Gasteiger partial charge in [0.2, 0.25) is 0 Å². The third kappa shape index (κ3) is 9.94. The lowest BCUT2D eigenvalue weighted by Gasteiger charge is -2.44. The zero-order valence-corrected chi connectivity index (χ0v) is 17.4. The second-order valence-corrected chi connectivity index (χ2v) is 8.11. The van der Waals surface area contributed by atoms with Crippen LogP contribution in [0.15, 0.2) is 0 Å². The Bertz CT molecular complexity index is 318. The van der Waals surface area contributed by atoms with Gasteiger partial charge in [-0.05, 0) is 33.1 Å². The second kappa shape index (κ2) is 10.7. The molecule has 0 amide bonds. The van der Waals surface area contributed by atoms with Crippen LogP contribution in [-0.4, -0.2) is 58.1 Å². The fraction of sp³-hybridized carbons (Fsp3) is 1.00. The lowest BCUT2D eigenvalue weighted by molar-refractivity contribution is -0.330. The molecule has 0 rings (SSSR count). The molecule has 0 aliphatic rings. The normalized spacial score (nSPS) is 15.8. The molecule has 1 atom stereocenters. The van der Waals surface area contributed by atoms with Crippen molar-refractivity contribution in [1.29, 1.82) is 0 Å². The molecular formula is C19H40O5. The third-order valence-corrected chi connectivity index (χ3v) is 3.81. The first kappa shape index (κ1) is 23.8. The first-order valence-corrected chi connectivity index (χ1v) is 8.96. The average molecular weight is 349 g/mol. The summed E-state index contributed by atoms with van der Waals surface area (Å²) in [6.45, 7) is 16.6. The molecule has 0 fully saturated rings. The molecule has 0 spiro atoms. The first-order chi connectivity index (χ1) is 11.0. The van der Waals surface area contributed by atoms with E-state index in [0.717, 1.165) is 12.8 Å². The summed E-state index contributed by atoms with van der Waals surface area (Å²) in [5.74, 6) is -0.838. The van der Waals surface area contributed by atoms with Gasteiger partial charge in [0, 0.05) is 27.2 Å². The molecule has 0 aromatic rings. The summed E-state index contributed by atoms with van der Waals surface area (Å²) in [5, 5.41) is 0. The average Bonchev–Trinajstić information content (AvgIpc) is 2.43. The van der Waals surface area contributed by atoms with Crippen molar-refractivity contribution in [2.75, 3.05) is 40.6 Å². The number of hydrogen-bond acceptors (Lipinski definition) is 5. The first-order valence-electron chi connectivity index (χ1n) is 8.96. The van der Waals surface area contributed by atoms with Gasteiger partial charge in [0.25, 0.3) is 0 Å². The molecule has 24 heavy (non-hydrogen) atoms. The topological polar surface area (TPSA) is 46.2 Å². The van der Waals surface area contributed by atoms with Gasteiger partial charge in [0.15, 0.2) is 5.79 Å². The van der Waals surface area contributed by atoms with E-state index < -0.39 is 5.79 Å². The van der Waals surface area contributed by atoms with E-state index in [-0.39, 0.29) is 17.1 Å². The van der Waals surface area contributed by atoms with Gasteiger partial charge in [0.1, 0.15) is 12.7 Å². The molecule has 0 heterocycles. The van der Waals surface area contributed by atoms with Crippen LogP contribution in [0.5, 0.6) is 0 Å². The number of hydrogen-bond donors (Lipinski definition) is 0. The molecule has 5 nitrogen and oxygen atoms in total. The van der Waals surface area contributed by atoms with Gasteiger partial charge < -0.3 is 23.7 Å². The zero-order chi connectivity index (χ0) is 18.9. The molecule has 0 radical (unpaired) electrons. The summed E-state index contributed by atoms with van der Waals surface area (Å²) in [6.07, 6.45) is 1.55. The smallest absolute Gasteiger partial charge is 0.193 e. The van der Waals surface area contributed by atoms with Crippen LogP contribution >= 0.6 is 0 Å². The molecule has 0 aromatic heterocycles. The van der Waals surface area contributed by atoms with Crippen molar-refractivity contribution < 1.29 is 23.7 Å². The SMILES string of the molecule is CCOCC(CC(C)(C)CC)(OC(COC)COC)OC(C)(C)C. The minimum atomic E-state index is -0.838. The summed E-state index contributed by atoms with van der Waals surface area (Å²) in [6, 6.07) is 0. The summed E-state index contributed by atoms with van der Waals surface area (Å²) >= 11 is 0. The Morgan fingerprint density at radius 3 is 1.79 bits per heavy atom. The summed E-state index contributed by atoms with van der Waals surface area (Å²) in [7, 11) is 3.33. The Labute approximate surface area is 149 Å². The van der Waals surface area contributed by atoms with Gasteiger partial charge in [-0.1, -0.05) is 27.2 Å². The predicted molar refractivity (Wildman–Crippen MR) is 97.4 cm³/mol. The molecule has 0 saturated carbocycles. The van der Waals surface area contributed by atoms with E-state index in [1.54, 1.807) is 14.2 Å². The van der Waals surface area contributed by atoms with Gasteiger partial charge in [-0.3, -0.25) is 0 Å². The highest BCUT2D eigenvalue weighted by Gasteiger charge is 2.43. The van der Waals surface area contributed by atoms with Crippen molar-refractivity contribution >= 4 is 0 Å². The van der Waals surface area contributed by atoms with Gasteiger partial charge in [-0.25, -0.2) is 0 Å². The molecular weight excluding hydrogens is 308 g/mol. The fourth-order valence-corrected chi connectivity index (χ4v) is 2.68. The van der Waals surface area contributed by atoms with Gasteiger partial charge in [-0.15, -0.1) is 0 Å². The van der Waals surface area contributed by atoms with Gasteiger partial charge in [-0.2, -0.15) is 0 Å². The highest BCUT2D eigenvalue weighted by atomic mass is 16.7. The van der Waals surface area contributed by atoms with E-state index in [2.05, 4.69) is 20.8 Å². The van der Waals surface area contributed by atoms with Gasteiger partial charge >= 0.3 is 0 Å². The van der Waals surface area contributed by atoms with Crippen molar-refractivity contribution in [3.05, 3.63) is 0 Å². The van der Waals surface area contributed by atoms with Crippen molar-refractivity contribution in [2.24, 2.45) is 5.41 Å². The lowest BCUT2D eigenvalue weighted by Crippen LogP contribution is -2.52. The van der Waals surface area contributed by atoms with Crippen LogP contribution in [0.3, 0.4) is 0 Å². The van der Waals surface area contributed by atoms with Crippen molar-refractivity contribution in [3.63, 3.8) is 0 Å². The molecule has 1 unspecified atom stereocenters. The van der Waals surface area contributed by atoms with Crippen LogP contribution in [0.2, 0.25) is 0 Å². The van der Waals surface area contributed by atoms with Crippen molar-refractivity contribution in [2.45, 2.75) is 78.8 Å². The number of ether oxygens (including phenoxy) is 5. The van der Waals surface area contributed by atoms with Crippen LogP contribution in [0.4, 0.5) is 0 Å². The van der Waals surface area contributed by atoms with Crippen molar-refractivity contribution in [3.8, 4) is 0 Å². The zero-order valence-electron chi connectivity index (χ0n) is 17.4. The molecule has 0 aromatic carbocycles. The minimum absolute atomic E-state index is 0.0625. The summed E-state index contributed by atoms with van der Waals surface area (Å²) in [4.78, 5) is 0. The van der Waals surface area contributed by atoms with E-state index >= 15 is 0 Å². The Kier molecular flexibility index (Phi) is 10.6. The second-order valence-electron chi connectivity index (χ2n) is 8.11. The van der Waals surface area contributed by atoms with E-state index in [9.17, 15) is 0 Å². The lowest BCUT2D eigenvalue weighted by atomic mass is 9.82. The summed E-state index contributed by atoms with van der Waals surface area (Å²) in [5.41, 5.74) is -0.293. The molecule has 0 saturated heterocycles.